The molecular weight excluding hydrogens is 404 g/mol. The first kappa shape index (κ1) is 20.7. The third-order valence-corrected chi connectivity index (χ3v) is 15.4. The van der Waals surface area contributed by atoms with E-state index in [0.717, 1.165) is 0 Å². The van der Waals surface area contributed by atoms with Gasteiger partial charge < -0.3 is 0 Å². The third-order valence-electron chi connectivity index (χ3n) is 7.89. The fourth-order valence-electron chi connectivity index (χ4n) is 5.43. The summed E-state index contributed by atoms with van der Waals surface area (Å²) in [5.41, 5.74) is 9.13. The molecular formula is C29H34Si2. The summed E-state index contributed by atoms with van der Waals surface area (Å²) in [4.78, 5) is 0. The smallest absolute Gasteiger partial charge is 0.0656 e. The molecule has 5 rings (SSSR count). The maximum absolute atomic E-state index is 2.59. The van der Waals surface area contributed by atoms with E-state index in [2.05, 4.69) is 114 Å². The number of allylic oxidation sites excluding steroid dienone is 2. The zero-order valence-corrected chi connectivity index (χ0v) is 22.3. The molecule has 0 radical (unpaired) electrons. The Morgan fingerprint density at radius 1 is 0.548 bits per heavy atom. The van der Waals surface area contributed by atoms with E-state index in [-0.39, 0.29) is 5.04 Å². The van der Waals surface area contributed by atoms with Crippen molar-refractivity contribution in [1.29, 1.82) is 0 Å². The molecule has 0 atom stereocenters. The van der Waals surface area contributed by atoms with E-state index in [9.17, 15) is 0 Å². The van der Waals surface area contributed by atoms with Gasteiger partial charge in [-0.3, -0.25) is 0 Å². The summed E-state index contributed by atoms with van der Waals surface area (Å²) in [6, 6.07) is 23.1. The first-order chi connectivity index (χ1) is 14.4. The number of hydrogen-bond donors (Lipinski definition) is 0. The summed E-state index contributed by atoms with van der Waals surface area (Å²) in [5, 5.41) is 6.33. The van der Waals surface area contributed by atoms with Crippen LogP contribution in [0.25, 0.3) is 32.3 Å². The zero-order chi connectivity index (χ0) is 22.3. The number of fused-ring (bicyclic) bond motifs is 6. The van der Waals surface area contributed by atoms with Crippen LogP contribution in [0.4, 0.5) is 0 Å². The molecule has 0 aromatic heterocycles. The summed E-state index contributed by atoms with van der Waals surface area (Å²) in [6.07, 6.45) is 0. The molecule has 2 aliphatic rings. The summed E-state index contributed by atoms with van der Waals surface area (Å²) in [6.45, 7) is 20.1. The Morgan fingerprint density at radius 2 is 1.03 bits per heavy atom. The van der Waals surface area contributed by atoms with Crippen molar-refractivity contribution in [3.63, 3.8) is 0 Å². The monoisotopic (exact) mass is 438 g/mol. The number of rotatable bonds is 2. The Morgan fingerprint density at radius 3 is 1.58 bits per heavy atom. The first-order valence-electron chi connectivity index (χ1n) is 11.6. The van der Waals surface area contributed by atoms with E-state index in [4.69, 9.17) is 0 Å². The van der Waals surface area contributed by atoms with Crippen molar-refractivity contribution in [2.24, 2.45) is 0 Å². The Kier molecular flexibility index (Phi) is 4.30. The molecule has 0 saturated heterocycles. The van der Waals surface area contributed by atoms with Gasteiger partial charge in [0.05, 0.1) is 16.1 Å². The lowest BCUT2D eigenvalue weighted by molar-refractivity contribution is 0.730. The van der Waals surface area contributed by atoms with E-state index in [1.54, 1.807) is 21.5 Å². The topological polar surface area (TPSA) is 0 Å². The highest BCUT2D eigenvalue weighted by molar-refractivity contribution is 7.01. The summed E-state index contributed by atoms with van der Waals surface area (Å²) in [5.74, 6) is 0. The Hall–Kier alpha value is -2.17. The van der Waals surface area contributed by atoms with Crippen LogP contribution in [-0.4, -0.2) is 16.1 Å². The molecule has 2 heteroatoms. The average molecular weight is 439 g/mol. The Bertz CT molecular complexity index is 1300. The summed E-state index contributed by atoms with van der Waals surface area (Å²) in [7, 11) is -3.36. The second-order valence-electron chi connectivity index (χ2n) is 11.9. The highest BCUT2D eigenvalue weighted by Gasteiger charge is 2.48. The van der Waals surface area contributed by atoms with Crippen LogP contribution in [0.15, 0.2) is 60.7 Å². The maximum Gasteiger partial charge on any atom is 0.0875 e. The van der Waals surface area contributed by atoms with Gasteiger partial charge in [-0.15, -0.1) is 0 Å². The molecule has 0 amide bonds. The van der Waals surface area contributed by atoms with Gasteiger partial charge in [-0.25, -0.2) is 0 Å². The number of hydrogen-bond acceptors (Lipinski definition) is 0. The average Bonchev–Trinajstić information content (AvgIpc) is 3.17. The van der Waals surface area contributed by atoms with Crippen LogP contribution in [0.2, 0.25) is 37.8 Å². The molecule has 0 fully saturated rings. The summed E-state index contributed by atoms with van der Waals surface area (Å²) >= 11 is 0. The van der Waals surface area contributed by atoms with Crippen molar-refractivity contribution in [3.8, 4) is 0 Å². The van der Waals surface area contributed by atoms with Gasteiger partial charge in [-0.1, -0.05) is 102 Å². The van der Waals surface area contributed by atoms with Gasteiger partial charge in [0.2, 0.25) is 0 Å². The van der Waals surface area contributed by atoms with Gasteiger partial charge in [0.25, 0.3) is 0 Å². The molecule has 0 aliphatic heterocycles. The molecule has 158 valence electrons. The third kappa shape index (κ3) is 2.84. The van der Waals surface area contributed by atoms with Crippen LogP contribution in [0.5, 0.6) is 0 Å². The van der Waals surface area contributed by atoms with Crippen molar-refractivity contribution < 1.29 is 0 Å². The van der Waals surface area contributed by atoms with E-state index in [1.807, 2.05) is 0 Å². The fourth-order valence-corrected chi connectivity index (χ4v) is 9.98. The van der Waals surface area contributed by atoms with Gasteiger partial charge in [0, 0.05) is 0 Å². The zero-order valence-electron chi connectivity index (χ0n) is 20.3. The van der Waals surface area contributed by atoms with Gasteiger partial charge in [0.1, 0.15) is 0 Å². The van der Waals surface area contributed by atoms with E-state index >= 15 is 0 Å². The van der Waals surface area contributed by atoms with Crippen molar-refractivity contribution in [2.75, 3.05) is 0 Å². The molecule has 3 aromatic rings. The highest BCUT2D eigenvalue weighted by atomic mass is 28.3. The van der Waals surface area contributed by atoms with Crippen molar-refractivity contribution in [2.45, 2.75) is 58.5 Å². The SMILES string of the molecule is CC(C)(C)[Si](C)(C)C1=C2C(=C([Si](C)(C)C)c3ccccc32)c2cc3ccccc3cc21. The normalized spacial score (nSPS) is 16.1. The van der Waals surface area contributed by atoms with Gasteiger partial charge in [-0.05, 0) is 71.7 Å². The minimum absolute atomic E-state index is 0.282. The van der Waals surface area contributed by atoms with Gasteiger partial charge in [-0.2, -0.15) is 0 Å². The van der Waals surface area contributed by atoms with Crippen LogP contribution in [-0.2, 0) is 0 Å². The predicted molar refractivity (Wildman–Crippen MR) is 145 cm³/mol. The second-order valence-corrected chi connectivity index (χ2v) is 22.2. The molecule has 3 aromatic carbocycles. The summed E-state index contributed by atoms with van der Waals surface area (Å²) < 4.78 is 0. The molecule has 0 N–H and O–H groups in total. The Labute approximate surface area is 189 Å². The second kappa shape index (κ2) is 6.43. The molecule has 0 heterocycles. The first-order valence-corrected chi connectivity index (χ1v) is 18.1. The fraction of sp³-hybridized carbons (Fsp3) is 0.310. The van der Waals surface area contributed by atoms with Gasteiger partial charge in [0.15, 0.2) is 0 Å². The molecule has 31 heavy (non-hydrogen) atoms. The van der Waals surface area contributed by atoms with Crippen LogP contribution in [0.3, 0.4) is 0 Å². The minimum atomic E-state index is -1.79. The molecule has 0 bridgehead atoms. The van der Waals surface area contributed by atoms with Gasteiger partial charge >= 0.3 is 0 Å². The molecule has 2 aliphatic carbocycles. The van der Waals surface area contributed by atoms with Crippen molar-refractivity contribution in [1.82, 2.24) is 0 Å². The lowest BCUT2D eigenvalue weighted by Crippen LogP contribution is -2.39. The van der Waals surface area contributed by atoms with Crippen molar-refractivity contribution in [3.05, 3.63) is 82.9 Å². The van der Waals surface area contributed by atoms with Crippen molar-refractivity contribution >= 4 is 48.5 Å². The Balaban J connectivity index is 2.00. The van der Waals surface area contributed by atoms with Crippen LogP contribution in [0, 0.1) is 0 Å². The number of benzene rings is 3. The maximum atomic E-state index is 2.59. The molecule has 0 nitrogen and oxygen atoms in total. The predicted octanol–water partition coefficient (Wildman–Crippen LogP) is 8.91. The lowest BCUT2D eigenvalue weighted by atomic mass is 9.99. The van der Waals surface area contributed by atoms with E-state index < -0.39 is 16.1 Å². The van der Waals surface area contributed by atoms with Crippen LogP contribution in [0.1, 0.15) is 43.0 Å². The van der Waals surface area contributed by atoms with Crippen LogP contribution < -0.4 is 0 Å². The standard InChI is InChI=1S/C29H34Si2/c1-29(2,3)31(7,8)28-24-18-20-14-10-9-13-19(20)17-23(24)26-25(28)21-15-11-12-16-22(21)27(26)30(4,5)6/h9-18H,1-8H3. The van der Waals surface area contributed by atoms with E-state index in [0.29, 0.717) is 0 Å². The largest absolute Gasteiger partial charge is 0.0875 e. The lowest BCUT2D eigenvalue weighted by Gasteiger charge is -2.39. The van der Waals surface area contributed by atoms with Crippen LogP contribution >= 0.6 is 0 Å². The molecule has 0 spiro atoms. The molecule has 0 unspecified atom stereocenters. The molecule has 0 saturated carbocycles. The highest BCUT2D eigenvalue weighted by Crippen LogP contribution is 2.62. The minimum Gasteiger partial charge on any atom is -0.0656 e. The van der Waals surface area contributed by atoms with E-state index in [1.165, 1.54) is 33.0 Å². The quantitative estimate of drug-likeness (QED) is 0.350.